The Balaban J connectivity index is 3.05. The van der Waals surface area contributed by atoms with Crippen molar-refractivity contribution in [3.63, 3.8) is 0 Å². The Morgan fingerprint density at radius 2 is 2.36 bits per heavy atom. The average molecular weight is 178 g/mol. The number of aromatic nitrogens is 2. The van der Waals surface area contributed by atoms with E-state index in [2.05, 4.69) is 5.10 Å². The van der Waals surface area contributed by atoms with Gasteiger partial charge in [-0.05, 0) is 6.92 Å². The van der Waals surface area contributed by atoms with Crippen LogP contribution in [-0.4, -0.2) is 9.78 Å². The number of alkyl halides is 2. The molecule has 0 saturated carbocycles. The van der Waals surface area contributed by atoms with E-state index >= 15 is 0 Å². The van der Waals surface area contributed by atoms with E-state index in [1.54, 1.807) is 0 Å². The number of hydrogen-bond acceptors (Lipinski definition) is 1. The summed E-state index contributed by atoms with van der Waals surface area (Å²) in [6.07, 6.45) is -2.47. The summed E-state index contributed by atoms with van der Waals surface area (Å²) in [6.45, 7) is 2.42. The Bertz CT molecular complexity index is 289. The van der Waals surface area contributed by atoms with Gasteiger partial charge in [-0.3, -0.25) is 9.78 Å². The molecule has 0 aliphatic carbocycles. The van der Waals surface area contributed by atoms with E-state index in [1.807, 2.05) is 6.92 Å². The Kier molecular flexibility index (Phi) is 2.38. The van der Waals surface area contributed by atoms with Crippen LogP contribution >= 0.6 is 12.2 Å². The van der Waals surface area contributed by atoms with Gasteiger partial charge in [-0.2, -0.15) is 0 Å². The van der Waals surface area contributed by atoms with Crippen LogP contribution in [0.15, 0.2) is 6.07 Å². The lowest BCUT2D eigenvalue weighted by molar-refractivity contribution is 0.145. The molecule has 0 amide bonds. The molecule has 1 aromatic heterocycles. The van der Waals surface area contributed by atoms with Gasteiger partial charge in [-0.25, -0.2) is 8.78 Å². The molecule has 0 aliphatic heterocycles. The van der Waals surface area contributed by atoms with E-state index in [4.69, 9.17) is 12.2 Å². The van der Waals surface area contributed by atoms with Gasteiger partial charge < -0.3 is 0 Å². The third-order valence-electron chi connectivity index (χ3n) is 1.36. The molecule has 2 nitrogen and oxygen atoms in total. The van der Waals surface area contributed by atoms with Crippen molar-refractivity contribution in [1.82, 2.24) is 9.78 Å². The largest absolute Gasteiger partial charge is 0.296 e. The van der Waals surface area contributed by atoms with Crippen molar-refractivity contribution >= 4 is 12.2 Å². The molecule has 0 radical (unpaired) electrons. The van der Waals surface area contributed by atoms with Crippen LogP contribution < -0.4 is 0 Å². The second kappa shape index (κ2) is 3.13. The fourth-order valence-electron chi connectivity index (χ4n) is 0.801. The summed E-state index contributed by atoms with van der Waals surface area (Å²) in [5.74, 6) is 0. The minimum absolute atomic E-state index is 0.114. The fourth-order valence-corrected chi connectivity index (χ4v) is 1.10. The summed E-state index contributed by atoms with van der Waals surface area (Å²) in [4.78, 5) is 0. The molecule has 62 valence electrons. The molecular formula is C6H8F2N2S. The number of nitrogens with zero attached hydrogens (tertiary/aromatic N) is 1. The van der Waals surface area contributed by atoms with E-state index in [9.17, 15) is 8.78 Å². The van der Waals surface area contributed by atoms with E-state index in [0.29, 0.717) is 11.2 Å². The van der Waals surface area contributed by atoms with Gasteiger partial charge in [0.2, 0.25) is 0 Å². The summed E-state index contributed by atoms with van der Waals surface area (Å²) >= 11 is 4.79. The highest BCUT2D eigenvalue weighted by Gasteiger charge is 2.09. The fraction of sp³-hybridized carbons (Fsp3) is 0.500. The molecular weight excluding hydrogens is 170 g/mol. The zero-order chi connectivity index (χ0) is 8.43. The maximum Gasteiger partial charge on any atom is 0.279 e. The number of aromatic amines is 1. The van der Waals surface area contributed by atoms with Crippen LogP contribution in [0.5, 0.6) is 0 Å². The molecule has 5 heteroatoms. The van der Waals surface area contributed by atoms with Gasteiger partial charge >= 0.3 is 0 Å². The molecule has 0 bridgehead atoms. The molecule has 0 spiro atoms. The first-order chi connectivity index (χ1) is 5.15. The molecule has 0 saturated heterocycles. The molecule has 1 N–H and O–H groups in total. The molecule has 0 atom stereocenters. The smallest absolute Gasteiger partial charge is 0.279 e. The lowest BCUT2D eigenvalue weighted by atomic mass is 10.5. The molecule has 1 heterocycles. The van der Waals surface area contributed by atoms with E-state index < -0.39 is 6.43 Å². The Labute approximate surface area is 67.8 Å². The number of rotatable bonds is 2. The summed E-state index contributed by atoms with van der Waals surface area (Å²) in [6, 6.07) is 1.28. The molecule has 0 unspecified atom stereocenters. The van der Waals surface area contributed by atoms with Gasteiger partial charge in [0, 0.05) is 12.6 Å². The van der Waals surface area contributed by atoms with Crippen molar-refractivity contribution in [3.8, 4) is 0 Å². The van der Waals surface area contributed by atoms with Gasteiger partial charge in [0.15, 0.2) is 0 Å². The zero-order valence-electron chi connectivity index (χ0n) is 5.97. The highest BCUT2D eigenvalue weighted by Crippen LogP contribution is 2.16. The minimum atomic E-state index is -2.47. The maximum atomic E-state index is 12.0. The summed E-state index contributed by atoms with van der Waals surface area (Å²) in [5, 5.41) is 2.49. The highest BCUT2D eigenvalue weighted by atomic mass is 32.1. The van der Waals surface area contributed by atoms with E-state index in [-0.39, 0.29) is 5.69 Å². The predicted octanol–water partition coefficient (Wildman–Crippen LogP) is 2.50. The van der Waals surface area contributed by atoms with Crippen LogP contribution in [0.2, 0.25) is 0 Å². The van der Waals surface area contributed by atoms with Gasteiger partial charge in [-0.15, -0.1) is 0 Å². The van der Waals surface area contributed by atoms with Crippen molar-refractivity contribution in [3.05, 3.63) is 16.4 Å². The van der Waals surface area contributed by atoms with Crippen molar-refractivity contribution in [1.29, 1.82) is 0 Å². The van der Waals surface area contributed by atoms with Gasteiger partial charge in [-0.1, -0.05) is 12.2 Å². The zero-order valence-corrected chi connectivity index (χ0v) is 6.79. The van der Waals surface area contributed by atoms with E-state index in [0.717, 1.165) is 0 Å². The normalized spacial score (nSPS) is 10.9. The first kappa shape index (κ1) is 8.39. The Hall–Kier alpha value is -0.710. The van der Waals surface area contributed by atoms with Gasteiger partial charge in [0.05, 0.1) is 0 Å². The Morgan fingerprint density at radius 1 is 1.73 bits per heavy atom. The van der Waals surface area contributed by atoms with Crippen molar-refractivity contribution in [2.45, 2.75) is 19.9 Å². The first-order valence-corrected chi connectivity index (χ1v) is 3.64. The quantitative estimate of drug-likeness (QED) is 0.690. The third kappa shape index (κ3) is 1.65. The van der Waals surface area contributed by atoms with E-state index in [1.165, 1.54) is 10.7 Å². The highest BCUT2D eigenvalue weighted by molar-refractivity contribution is 7.71. The lowest BCUT2D eigenvalue weighted by Crippen LogP contribution is -1.97. The van der Waals surface area contributed by atoms with Crippen molar-refractivity contribution in [2.24, 2.45) is 0 Å². The van der Waals surface area contributed by atoms with Crippen molar-refractivity contribution in [2.75, 3.05) is 0 Å². The summed E-state index contributed by atoms with van der Waals surface area (Å²) < 4.78 is 25.9. The van der Waals surface area contributed by atoms with Crippen molar-refractivity contribution < 1.29 is 8.78 Å². The molecule has 0 aliphatic rings. The second-order valence-electron chi connectivity index (χ2n) is 2.09. The van der Waals surface area contributed by atoms with Gasteiger partial charge in [0.1, 0.15) is 10.3 Å². The van der Waals surface area contributed by atoms with Gasteiger partial charge in [0.25, 0.3) is 6.43 Å². The average Bonchev–Trinajstić information content (AvgIpc) is 2.31. The molecule has 1 rings (SSSR count). The minimum Gasteiger partial charge on any atom is -0.296 e. The number of halogens is 2. The number of hydrogen-bond donors (Lipinski definition) is 1. The van der Waals surface area contributed by atoms with Crippen LogP contribution in [-0.2, 0) is 6.54 Å². The third-order valence-corrected chi connectivity index (χ3v) is 1.70. The molecule has 1 aromatic rings. The predicted molar refractivity (Wildman–Crippen MR) is 40.2 cm³/mol. The number of H-pyrrole nitrogens is 1. The number of nitrogens with one attached hydrogen (secondary N) is 1. The maximum absolute atomic E-state index is 12.0. The first-order valence-electron chi connectivity index (χ1n) is 3.23. The SMILES string of the molecule is CCn1[nH]c(C(F)F)cc1=S. The summed E-state index contributed by atoms with van der Waals surface area (Å²) in [5.41, 5.74) is -0.114. The number of aryl methyl sites for hydroxylation is 1. The van der Waals surface area contributed by atoms with Crippen LogP contribution in [0.25, 0.3) is 0 Å². The summed E-state index contributed by atoms with van der Waals surface area (Å²) in [7, 11) is 0. The molecule has 0 aromatic carbocycles. The topological polar surface area (TPSA) is 20.7 Å². The monoisotopic (exact) mass is 178 g/mol. The standard InChI is InChI=1S/C6H8F2N2S/c1-2-10-5(11)3-4(9-10)6(7)8/h3,6,9H,2H2,1H3. The molecule has 11 heavy (non-hydrogen) atoms. The van der Waals surface area contributed by atoms with Crippen LogP contribution in [0.4, 0.5) is 8.78 Å². The van der Waals surface area contributed by atoms with Crippen LogP contribution in [0.1, 0.15) is 19.0 Å². The Morgan fingerprint density at radius 3 is 2.64 bits per heavy atom. The lowest BCUT2D eigenvalue weighted by Gasteiger charge is -1.95. The van der Waals surface area contributed by atoms with Crippen LogP contribution in [0, 0.1) is 4.64 Å². The second-order valence-corrected chi connectivity index (χ2v) is 2.51. The molecule has 0 fully saturated rings. The van der Waals surface area contributed by atoms with Crippen LogP contribution in [0.3, 0.4) is 0 Å².